The highest BCUT2D eigenvalue weighted by atomic mass is 16.5. The van der Waals surface area contributed by atoms with Crippen LogP contribution in [0.1, 0.15) is 61.9 Å². The molecule has 0 aliphatic heterocycles. The number of carbonyl (C=O) groups excluding carboxylic acids is 2. The highest BCUT2D eigenvalue weighted by molar-refractivity contribution is 6.09. The van der Waals surface area contributed by atoms with E-state index in [1.54, 1.807) is 49.6 Å². The molecule has 0 fully saturated rings. The van der Waals surface area contributed by atoms with Crippen LogP contribution in [0.15, 0.2) is 48.0 Å². The molecule has 0 aliphatic rings. The summed E-state index contributed by atoms with van der Waals surface area (Å²) in [6.07, 6.45) is 6.40. The molecule has 34 heavy (non-hydrogen) atoms. The van der Waals surface area contributed by atoms with Gasteiger partial charge >= 0.3 is 5.97 Å². The van der Waals surface area contributed by atoms with Gasteiger partial charge in [-0.3, -0.25) is 4.79 Å². The molecular weight excluding hydrogens is 432 g/mol. The van der Waals surface area contributed by atoms with E-state index >= 15 is 0 Å². The Bertz CT molecular complexity index is 1020. The van der Waals surface area contributed by atoms with Crippen molar-refractivity contribution in [1.29, 1.82) is 5.26 Å². The topological polar surface area (TPSA) is 97.7 Å². The summed E-state index contributed by atoms with van der Waals surface area (Å²) in [7, 11) is 1.54. The molecule has 7 nitrogen and oxygen atoms in total. The smallest absolute Gasteiger partial charge is 0.338 e. The molecule has 0 unspecified atom stereocenters. The van der Waals surface area contributed by atoms with E-state index in [9.17, 15) is 14.9 Å². The molecule has 0 heterocycles. The molecule has 0 bridgehead atoms. The van der Waals surface area contributed by atoms with Crippen molar-refractivity contribution in [3.05, 3.63) is 59.2 Å². The van der Waals surface area contributed by atoms with Gasteiger partial charge in [-0.05, 0) is 60.9 Å². The van der Waals surface area contributed by atoms with Crippen LogP contribution in [0.4, 0.5) is 5.69 Å². The number of hydrogen-bond acceptors (Lipinski definition) is 6. The number of ether oxygens (including phenoxy) is 3. The fourth-order valence-corrected chi connectivity index (χ4v) is 3.02. The third-order valence-electron chi connectivity index (χ3n) is 4.98. The van der Waals surface area contributed by atoms with Crippen LogP contribution in [-0.2, 0) is 9.53 Å². The zero-order valence-corrected chi connectivity index (χ0v) is 20.1. The van der Waals surface area contributed by atoms with Crippen LogP contribution in [0.25, 0.3) is 6.08 Å². The molecule has 2 aromatic rings. The molecule has 180 valence electrons. The number of rotatable bonds is 13. The number of benzene rings is 2. The predicted molar refractivity (Wildman–Crippen MR) is 132 cm³/mol. The number of esters is 1. The molecule has 2 rings (SSSR count). The van der Waals surface area contributed by atoms with E-state index in [0.717, 1.165) is 32.1 Å². The van der Waals surface area contributed by atoms with Gasteiger partial charge in [0, 0.05) is 5.69 Å². The Morgan fingerprint density at radius 3 is 2.35 bits per heavy atom. The summed E-state index contributed by atoms with van der Waals surface area (Å²) in [5, 5.41) is 12.2. The van der Waals surface area contributed by atoms with Crippen molar-refractivity contribution in [2.24, 2.45) is 0 Å². The number of carbonyl (C=O) groups is 2. The van der Waals surface area contributed by atoms with Gasteiger partial charge in [0.05, 0.1) is 25.9 Å². The first-order valence-corrected chi connectivity index (χ1v) is 11.5. The Morgan fingerprint density at radius 1 is 0.971 bits per heavy atom. The molecule has 0 radical (unpaired) electrons. The van der Waals surface area contributed by atoms with Crippen LogP contribution < -0.4 is 14.8 Å². The fourth-order valence-electron chi connectivity index (χ4n) is 3.02. The van der Waals surface area contributed by atoms with Gasteiger partial charge in [0.15, 0.2) is 11.5 Å². The SMILES string of the molecule is CCCCCOc1ccc(/C=C(\C#N)C(=O)Nc2ccc(C(=O)OCCCC)cc2)cc1OC. The molecular formula is C27H32N2O5. The molecule has 0 saturated carbocycles. The van der Waals surface area contributed by atoms with Gasteiger partial charge in [-0.2, -0.15) is 5.26 Å². The van der Waals surface area contributed by atoms with Crippen molar-refractivity contribution in [3.8, 4) is 17.6 Å². The van der Waals surface area contributed by atoms with Gasteiger partial charge in [0.2, 0.25) is 0 Å². The maximum Gasteiger partial charge on any atom is 0.338 e. The lowest BCUT2D eigenvalue weighted by atomic mass is 10.1. The van der Waals surface area contributed by atoms with E-state index in [1.165, 1.54) is 6.08 Å². The van der Waals surface area contributed by atoms with Crippen molar-refractivity contribution < 1.29 is 23.8 Å². The van der Waals surface area contributed by atoms with Crippen LogP contribution >= 0.6 is 0 Å². The third-order valence-corrected chi connectivity index (χ3v) is 4.98. The van der Waals surface area contributed by atoms with Crippen LogP contribution in [0.3, 0.4) is 0 Å². The number of nitriles is 1. The largest absolute Gasteiger partial charge is 0.493 e. The van der Waals surface area contributed by atoms with E-state index in [1.807, 2.05) is 13.0 Å². The first kappa shape index (κ1) is 26.5. The monoisotopic (exact) mass is 464 g/mol. The van der Waals surface area contributed by atoms with Crippen LogP contribution in [0, 0.1) is 11.3 Å². The van der Waals surface area contributed by atoms with Crippen molar-refractivity contribution >= 4 is 23.6 Å². The highest BCUT2D eigenvalue weighted by Crippen LogP contribution is 2.29. The van der Waals surface area contributed by atoms with Gasteiger partial charge in [0.25, 0.3) is 5.91 Å². The summed E-state index contributed by atoms with van der Waals surface area (Å²) in [5.74, 6) is 0.187. The van der Waals surface area contributed by atoms with E-state index in [0.29, 0.717) is 41.5 Å². The second kappa shape index (κ2) is 14.4. The summed E-state index contributed by atoms with van der Waals surface area (Å²) >= 11 is 0. The lowest BCUT2D eigenvalue weighted by molar-refractivity contribution is -0.112. The molecule has 0 saturated heterocycles. The summed E-state index contributed by atoms with van der Waals surface area (Å²) < 4.78 is 16.3. The van der Waals surface area contributed by atoms with Gasteiger partial charge in [-0.15, -0.1) is 0 Å². The molecule has 0 atom stereocenters. The zero-order valence-electron chi connectivity index (χ0n) is 20.1. The van der Waals surface area contributed by atoms with Gasteiger partial charge in [0.1, 0.15) is 11.6 Å². The van der Waals surface area contributed by atoms with Crippen molar-refractivity contribution in [2.75, 3.05) is 25.6 Å². The van der Waals surface area contributed by atoms with Gasteiger partial charge in [-0.1, -0.05) is 39.2 Å². The van der Waals surface area contributed by atoms with Crippen LogP contribution in [0.2, 0.25) is 0 Å². The number of nitrogens with zero attached hydrogens (tertiary/aromatic N) is 1. The Labute approximate surface area is 201 Å². The first-order valence-electron chi connectivity index (χ1n) is 11.5. The summed E-state index contributed by atoms with van der Waals surface area (Å²) in [5.41, 5.74) is 1.43. The lowest BCUT2D eigenvalue weighted by Gasteiger charge is -2.11. The first-order chi connectivity index (χ1) is 16.5. The maximum absolute atomic E-state index is 12.6. The van der Waals surface area contributed by atoms with Gasteiger partial charge in [-0.25, -0.2) is 4.79 Å². The van der Waals surface area contributed by atoms with Crippen LogP contribution in [0.5, 0.6) is 11.5 Å². The summed E-state index contributed by atoms with van der Waals surface area (Å²) in [6, 6.07) is 13.5. The Balaban J connectivity index is 2.05. The minimum Gasteiger partial charge on any atom is -0.493 e. The number of unbranched alkanes of at least 4 members (excludes halogenated alkanes) is 3. The van der Waals surface area contributed by atoms with Crippen molar-refractivity contribution in [1.82, 2.24) is 0 Å². The number of nitrogens with one attached hydrogen (secondary N) is 1. The quantitative estimate of drug-likeness (QED) is 0.175. The van der Waals surface area contributed by atoms with E-state index in [4.69, 9.17) is 14.2 Å². The van der Waals surface area contributed by atoms with Crippen LogP contribution in [-0.4, -0.2) is 32.2 Å². The number of methoxy groups -OCH3 is 1. The molecule has 7 heteroatoms. The average Bonchev–Trinajstić information content (AvgIpc) is 2.86. The second-order valence-corrected chi connectivity index (χ2v) is 7.66. The van der Waals surface area contributed by atoms with Gasteiger partial charge < -0.3 is 19.5 Å². The third kappa shape index (κ3) is 8.28. The average molecular weight is 465 g/mol. The lowest BCUT2D eigenvalue weighted by Crippen LogP contribution is -2.13. The standard InChI is InChI=1S/C27H32N2O5/c1-4-6-8-16-33-24-14-9-20(18-25(24)32-3)17-22(19-28)26(30)29-23-12-10-21(11-13-23)27(31)34-15-7-5-2/h9-14,17-18H,4-8,15-16H2,1-3H3,(H,29,30)/b22-17+. The molecule has 1 amide bonds. The number of hydrogen-bond donors (Lipinski definition) is 1. The summed E-state index contributed by atoms with van der Waals surface area (Å²) in [6.45, 7) is 5.12. The summed E-state index contributed by atoms with van der Waals surface area (Å²) in [4.78, 5) is 24.6. The molecule has 0 aliphatic carbocycles. The van der Waals surface area contributed by atoms with Crippen molar-refractivity contribution in [3.63, 3.8) is 0 Å². The molecule has 0 spiro atoms. The fraction of sp³-hybridized carbons (Fsp3) is 0.370. The Morgan fingerprint density at radius 2 is 1.71 bits per heavy atom. The zero-order chi connectivity index (χ0) is 24.8. The molecule has 2 aromatic carbocycles. The van der Waals surface area contributed by atoms with E-state index in [-0.39, 0.29) is 5.57 Å². The normalized spacial score (nSPS) is 10.8. The molecule has 0 aromatic heterocycles. The Kier molecular flexibility index (Phi) is 11.2. The Hall–Kier alpha value is -3.79. The minimum absolute atomic E-state index is 0.0679. The number of anilines is 1. The minimum atomic E-state index is -0.556. The van der Waals surface area contributed by atoms with E-state index in [2.05, 4.69) is 12.2 Å². The van der Waals surface area contributed by atoms with E-state index < -0.39 is 11.9 Å². The second-order valence-electron chi connectivity index (χ2n) is 7.66. The predicted octanol–water partition coefficient (Wildman–Crippen LogP) is 5.77. The highest BCUT2D eigenvalue weighted by Gasteiger charge is 2.12. The molecule has 1 N–H and O–H groups in total. The number of amides is 1. The maximum atomic E-state index is 12.6. The van der Waals surface area contributed by atoms with Crippen molar-refractivity contribution in [2.45, 2.75) is 46.0 Å².